The number of piperidine rings is 1. The average molecular weight is 395 g/mol. The molecule has 1 aromatic carbocycles. The molecule has 0 bridgehead atoms. The smallest absolute Gasteiger partial charge is 0.243 e. The molecule has 0 aromatic heterocycles. The minimum absolute atomic E-state index is 0.0434. The second kappa shape index (κ2) is 8.61. The lowest BCUT2D eigenvalue weighted by atomic mass is 9.97. The fourth-order valence-corrected chi connectivity index (χ4v) is 5.33. The third kappa shape index (κ3) is 5.02. The molecule has 27 heavy (non-hydrogen) atoms. The van der Waals surface area contributed by atoms with Gasteiger partial charge < -0.3 is 10.1 Å². The number of ether oxygens (including phenoxy) is 1. The molecule has 1 N–H and O–H groups in total. The van der Waals surface area contributed by atoms with E-state index < -0.39 is 10.0 Å². The summed E-state index contributed by atoms with van der Waals surface area (Å²) >= 11 is 0. The van der Waals surface area contributed by atoms with E-state index in [1.807, 2.05) is 13.8 Å². The van der Waals surface area contributed by atoms with Crippen molar-refractivity contribution in [3.05, 3.63) is 24.3 Å². The average Bonchev–Trinajstić information content (AvgIpc) is 3.15. The van der Waals surface area contributed by atoms with Gasteiger partial charge >= 0.3 is 0 Å². The molecule has 1 saturated carbocycles. The largest absolute Gasteiger partial charge is 0.491 e. The highest BCUT2D eigenvalue weighted by Crippen LogP contribution is 2.26. The maximum Gasteiger partial charge on any atom is 0.243 e. The zero-order chi connectivity index (χ0) is 19.4. The Kier molecular flexibility index (Phi) is 6.42. The van der Waals surface area contributed by atoms with Crippen molar-refractivity contribution in [2.75, 3.05) is 13.1 Å². The van der Waals surface area contributed by atoms with Gasteiger partial charge in [0.15, 0.2) is 0 Å². The number of hydrogen-bond acceptors (Lipinski definition) is 4. The first-order valence-electron chi connectivity index (χ1n) is 9.93. The van der Waals surface area contributed by atoms with E-state index >= 15 is 0 Å². The first-order chi connectivity index (χ1) is 12.9. The van der Waals surface area contributed by atoms with Crippen LogP contribution in [0.15, 0.2) is 29.2 Å². The standard InChI is InChI=1S/C20H30N2O4S/c1-15(2)26-18-7-9-19(10-8-18)27(24,25)22-13-11-16(12-14-22)20(23)21-17-5-3-4-6-17/h7-10,15-17H,3-6,11-14H2,1-2H3,(H,21,23). The first kappa shape index (κ1) is 20.1. The number of nitrogens with one attached hydrogen (secondary N) is 1. The van der Waals surface area contributed by atoms with Crippen LogP contribution < -0.4 is 10.1 Å². The predicted molar refractivity (Wildman–Crippen MR) is 104 cm³/mol. The van der Waals surface area contributed by atoms with Gasteiger partial charge in [0.25, 0.3) is 0 Å². The van der Waals surface area contributed by atoms with Gasteiger partial charge in [0, 0.05) is 25.0 Å². The molecule has 0 radical (unpaired) electrons. The molecule has 6 nitrogen and oxygen atoms in total. The Labute approximate surface area is 162 Å². The monoisotopic (exact) mass is 394 g/mol. The molecular formula is C20H30N2O4S. The van der Waals surface area contributed by atoms with E-state index in [0.29, 0.717) is 37.7 Å². The second-order valence-corrected chi connectivity index (χ2v) is 9.74. The minimum Gasteiger partial charge on any atom is -0.491 e. The molecule has 1 aliphatic carbocycles. The summed E-state index contributed by atoms with van der Waals surface area (Å²) in [5.74, 6) is 0.666. The fraction of sp³-hybridized carbons (Fsp3) is 0.650. The van der Waals surface area contributed by atoms with Crippen LogP contribution in [0.25, 0.3) is 0 Å². The van der Waals surface area contributed by atoms with Crippen LogP contribution >= 0.6 is 0 Å². The SMILES string of the molecule is CC(C)Oc1ccc(S(=O)(=O)N2CCC(C(=O)NC3CCCC3)CC2)cc1. The molecule has 1 aromatic rings. The lowest BCUT2D eigenvalue weighted by Gasteiger charge is -2.31. The van der Waals surface area contributed by atoms with Crippen molar-refractivity contribution in [2.24, 2.45) is 5.92 Å². The summed E-state index contributed by atoms with van der Waals surface area (Å²) in [7, 11) is -3.53. The van der Waals surface area contributed by atoms with Gasteiger partial charge in [0.1, 0.15) is 5.75 Å². The summed E-state index contributed by atoms with van der Waals surface area (Å²) in [6.07, 6.45) is 5.69. The molecular weight excluding hydrogens is 364 g/mol. The van der Waals surface area contributed by atoms with E-state index in [1.165, 1.54) is 17.1 Å². The van der Waals surface area contributed by atoms with Crippen LogP contribution in [0.3, 0.4) is 0 Å². The Morgan fingerprint density at radius 1 is 1.07 bits per heavy atom. The predicted octanol–water partition coefficient (Wildman–Crippen LogP) is 2.93. The third-order valence-corrected chi connectivity index (χ3v) is 7.27. The molecule has 7 heteroatoms. The van der Waals surface area contributed by atoms with Crippen molar-refractivity contribution < 1.29 is 17.9 Å². The maximum absolute atomic E-state index is 12.9. The van der Waals surface area contributed by atoms with Gasteiger partial charge in [-0.1, -0.05) is 12.8 Å². The number of carbonyl (C=O) groups is 1. The van der Waals surface area contributed by atoms with Gasteiger partial charge in [-0.2, -0.15) is 4.31 Å². The highest BCUT2D eigenvalue weighted by molar-refractivity contribution is 7.89. The van der Waals surface area contributed by atoms with Crippen LogP contribution in [0, 0.1) is 5.92 Å². The molecule has 0 unspecified atom stereocenters. The van der Waals surface area contributed by atoms with E-state index in [4.69, 9.17) is 4.74 Å². The summed E-state index contributed by atoms with van der Waals surface area (Å²) in [5.41, 5.74) is 0. The van der Waals surface area contributed by atoms with E-state index in [2.05, 4.69) is 5.32 Å². The third-order valence-electron chi connectivity index (χ3n) is 5.36. The van der Waals surface area contributed by atoms with Crippen molar-refractivity contribution in [1.29, 1.82) is 0 Å². The van der Waals surface area contributed by atoms with E-state index in [1.54, 1.807) is 24.3 Å². The van der Waals surface area contributed by atoms with Crippen LogP contribution in [0.1, 0.15) is 52.4 Å². The molecule has 0 spiro atoms. The van der Waals surface area contributed by atoms with Crippen molar-refractivity contribution in [3.63, 3.8) is 0 Å². The van der Waals surface area contributed by atoms with Crippen molar-refractivity contribution >= 4 is 15.9 Å². The minimum atomic E-state index is -3.53. The number of hydrogen-bond donors (Lipinski definition) is 1. The van der Waals surface area contributed by atoms with Crippen LogP contribution in [-0.2, 0) is 14.8 Å². The normalized spacial score (nSPS) is 20.1. The first-order valence-corrected chi connectivity index (χ1v) is 11.4. The number of amides is 1. The molecule has 2 fully saturated rings. The number of benzene rings is 1. The highest BCUT2D eigenvalue weighted by Gasteiger charge is 2.33. The van der Waals surface area contributed by atoms with E-state index in [9.17, 15) is 13.2 Å². The zero-order valence-corrected chi connectivity index (χ0v) is 17.0. The Hall–Kier alpha value is -1.60. The number of nitrogens with zero attached hydrogens (tertiary/aromatic N) is 1. The van der Waals surface area contributed by atoms with Crippen LogP contribution in [0.5, 0.6) is 5.75 Å². The molecule has 2 aliphatic rings. The Balaban J connectivity index is 1.56. The van der Waals surface area contributed by atoms with E-state index in [-0.39, 0.29) is 22.8 Å². The number of sulfonamides is 1. The highest BCUT2D eigenvalue weighted by atomic mass is 32.2. The number of carbonyl (C=O) groups excluding carboxylic acids is 1. The van der Waals surface area contributed by atoms with Crippen LogP contribution in [0.2, 0.25) is 0 Å². The molecule has 1 heterocycles. The molecule has 0 atom stereocenters. The summed E-state index contributed by atoms with van der Waals surface area (Å²) in [5, 5.41) is 3.13. The topological polar surface area (TPSA) is 75.7 Å². The summed E-state index contributed by atoms with van der Waals surface area (Å²) in [4.78, 5) is 12.7. The van der Waals surface area contributed by atoms with Gasteiger partial charge in [0.05, 0.1) is 11.0 Å². The van der Waals surface area contributed by atoms with Crippen molar-refractivity contribution in [2.45, 2.75) is 69.4 Å². The maximum atomic E-state index is 12.9. The molecule has 1 aliphatic heterocycles. The zero-order valence-electron chi connectivity index (χ0n) is 16.2. The van der Waals surface area contributed by atoms with Gasteiger partial charge in [0.2, 0.25) is 15.9 Å². The molecule has 3 rings (SSSR count). The summed E-state index contributed by atoms with van der Waals surface area (Å²) in [6.45, 7) is 4.62. The Morgan fingerprint density at radius 2 is 1.67 bits per heavy atom. The van der Waals surface area contributed by atoms with Crippen LogP contribution in [-0.4, -0.2) is 43.9 Å². The Morgan fingerprint density at radius 3 is 2.22 bits per heavy atom. The summed E-state index contributed by atoms with van der Waals surface area (Å²) < 4.78 is 32.8. The van der Waals surface area contributed by atoms with Gasteiger partial charge in [-0.05, 0) is 63.8 Å². The van der Waals surface area contributed by atoms with Crippen LogP contribution in [0.4, 0.5) is 0 Å². The van der Waals surface area contributed by atoms with Gasteiger partial charge in [-0.3, -0.25) is 4.79 Å². The quantitative estimate of drug-likeness (QED) is 0.805. The molecule has 150 valence electrons. The fourth-order valence-electron chi connectivity index (χ4n) is 3.86. The second-order valence-electron chi connectivity index (χ2n) is 7.81. The molecule has 1 saturated heterocycles. The van der Waals surface area contributed by atoms with Gasteiger partial charge in [-0.25, -0.2) is 8.42 Å². The van der Waals surface area contributed by atoms with E-state index in [0.717, 1.165) is 12.8 Å². The summed E-state index contributed by atoms with van der Waals surface area (Å²) in [6, 6.07) is 6.87. The lowest BCUT2D eigenvalue weighted by Crippen LogP contribution is -2.44. The molecule has 1 amide bonds. The Bertz CT molecular complexity index is 732. The number of rotatable bonds is 6. The van der Waals surface area contributed by atoms with Crippen molar-refractivity contribution in [1.82, 2.24) is 9.62 Å². The van der Waals surface area contributed by atoms with Gasteiger partial charge in [-0.15, -0.1) is 0 Å². The van der Waals surface area contributed by atoms with Crippen molar-refractivity contribution in [3.8, 4) is 5.75 Å². The lowest BCUT2D eigenvalue weighted by molar-refractivity contribution is -0.126.